The molecular weight excluding hydrogens is 316 g/mol. The molecule has 2 aromatic carbocycles. The van der Waals surface area contributed by atoms with Crippen LogP contribution in [0.4, 0.5) is 10.5 Å². The third kappa shape index (κ3) is 2.96. The van der Waals surface area contributed by atoms with Gasteiger partial charge in [0, 0.05) is 37.4 Å². The summed E-state index contributed by atoms with van der Waals surface area (Å²) in [5.74, 6) is 0.208. The zero-order valence-electron chi connectivity index (χ0n) is 14.1. The lowest BCUT2D eigenvalue weighted by atomic mass is 9.76. The molecule has 0 bridgehead atoms. The Bertz CT molecular complexity index is 784. The Morgan fingerprint density at radius 2 is 1.96 bits per heavy atom. The summed E-state index contributed by atoms with van der Waals surface area (Å²) >= 11 is 0. The number of ether oxygens (including phenoxy) is 1. The normalized spacial score (nSPS) is 18.2. The molecule has 0 radical (unpaired) electrons. The van der Waals surface area contributed by atoms with Crippen molar-refractivity contribution in [3.8, 4) is 5.75 Å². The highest BCUT2D eigenvalue weighted by molar-refractivity contribution is 5.95. The number of hydrogen-bond acceptors (Lipinski definition) is 3. The number of nitrogens with zero attached hydrogens (tertiary/aromatic N) is 1. The summed E-state index contributed by atoms with van der Waals surface area (Å²) in [5, 5.41) is 12.5. The Kier molecular flexibility index (Phi) is 4.09. The quantitative estimate of drug-likeness (QED) is 0.884. The van der Waals surface area contributed by atoms with E-state index in [0.29, 0.717) is 13.1 Å². The second kappa shape index (κ2) is 6.41. The molecule has 2 amide bonds. The van der Waals surface area contributed by atoms with E-state index in [9.17, 15) is 9.90 Å². The van der Waals surface area contributed by atoms with Crippen LogP contribution in [-0.2, 0) is 16.7 Å². The highest BCUT2D eigenvalue weighted by Crippen LogP contribution is 2.46. The standard InChI is InChI=1S/C20H22N2O3/c23-16-5-3-4-15(12-16)13-21-19(24)22-14-20(8-10-25-11-9-20)17-6-1-2-7-18(17)22/h1-7,12,23H,8-11,13-14H2,(H,21,24). The number of nitrogens with one attached hydrogen (secondary N) is 1. The number of para-hydroxylation sites is 1. The van der Waals surface area contributed by atoms with Crippen molar-refractivity contribution >= 4 is 11.7 Å². The molecular formula is C20H22N2O3. The largest absolute Gasteiger partial charge is 0.508 e. The van der Waals surface area contributed by atoms with E-state index in [1.165, 1.54) is 5.56 Å². The number of phenolic OH excluding ortho intramolecular Hbond substituents is 1. The average Bonchev–Trinajstić information content (AvgIpc) is 2.95. The molecule has 25 heavy (non-hydrogen) atoms. The van der Waals surface area contributed by atoms with Gasteiger partial charge in [-0.15, -0.1) is 0 Å². The Labute approximate surface area is 147 Å². The highest BCUT2D eigenvalue weighted by Gasteiger charge is 2.45. The zero-order valence-corrected chi connectivity index (χ0v) is 14.1. The van der Waals surface area contributed by atoms with Gasteiger partial charge in [-0.25, -0.2) is 4.79 Å². The maximum Gasteiger partial charge on any atom is 0.322 e. The predicted molar refractivity (Wildman–Crippen MR) is 95.9 cm³/mol. The molecule has 2 aliphatic rings. The van der Waals surface area contributed by atoms with Crippen molar-refractivity contribution in [3.05, 3.63) is 59.7 Å². The number of urea groups is 1. The fourth-order valence-electron chi connectivity index (χ4n) is 3.94. The molecule has 1 fully saturated rings. The van der Waals surface area contributed by atoms with Crippen LogP contribution in [0.15, 0.2) is 48.5 Å². The van der Waals surface area contributed by atoms with E-state index in [1.807, 2.05) is 29.2 Å². The van der Waals surface area contributed by atoms with Gasteiger partial charge in [0.15, 0.2) is 0 Å². The SMILES string of the molecule is O=C(NCc1cccc(O)c1)N1CC2(CCOCC2)c2ccccc21. The van der Waals surface area contributed by atoms with Gasteiger partial charge in [-0.2, -0.15) is 0 Å². The third-order valence-electron chi connectivity index (χ3n) is 5.28. The summed E-state index contributed by atoms with van der Waals surface area (Å²) in [6.45, 7) is 2.57. The minimum atomic E-state index is -0.0980. The summed E-state index contributed by atoms with van der Waals surface area (Å²) in [7, 11) is 0. The summed E-state index contributed by atoms with van der Waals surface area (Å²) in [4.78, 5) is 14.7. The van der Waals surface area contributed by atoms with Crippen molar-refractivity contribution in [2.45, 2.75) is 24.8 Å². The van der Waals surface area contributed by atoms with Gasteiger partial charge in [0.05, 0.1) is 0 Å². The number of amides is 2. The first-order chi connectivity index (χ1) is 12.2. The Hall–Kier alpha value is -2.53. The summed E-state index contributed by atoms with van der Waals surface area (Å²) < 4.78 is 5.54. The fourth-order valence-corrected chi connectivity index (χ4v) is 3.94. The van der Waals surface area contributed by atoms with Crippen LogP contribution in [0.1, 0.15) is 24.0 Å². The topological polar surface area (TPSA) is 61.8 Å². The average molecular weight is 338 g/mol. The monoisotopic (exact) mass is 338 g/mol. The predicted octanol–water partition coefficient (Wildman–Crippen LogP) is 3.17. The number of phenols is 1. The summed E-state index contributed by atoms with van der Waals surface area (Å²) in [6, 6.07) is 15.0. The van der Waals surface area contributed by atoms with Gasteiger partial charge in [-0.05, 0) is 42.2 Å². The van der Waals surface area contributed by atoms with Crippen LogP contribution in [-0.4, -0.2) is 30.9 Å². The van der Waals surface area contributed by atoms with E-state index in [4.69, 9.17) is 4.74 Å². The first-order valence-electron chi connectivity index (χ1n) is 8.69. The van der Waals surface area contributed by atoms with Crippen LogP contribution < -0.4 is 10.2 Å². The molecule has 5 heteroatoms. The van der Waals surface area contributed by atoms with Gasteiger partial charge in [0.1, 0.15) is 5.75 Å². The lowest BCUT2D eigenvalue weighted by Crippen LogP contribution is -2.44. The molecule has 2 aromatic rings. The number of rotatable bonds is 2. The van der Waals surface area contributed by atoms with E-state index < -0.39 is 0 Å². The molecule has 0 aliphatic carbocycles. The molecule has 2 N–H and O–H groups in total. The van der Waals surface area contributed by atoms with Crippen LogP contribution in [0.25, 0.3) is 0 Å². The van der Waals surface area contributed by atoms with Crippen molar-refractivity contribution in [2.75, 3.05) is 24.7 Å². The van der Waals surface area contributed by atoms with Crippen LogP contribution in [0.3, 0.4) is 0 Å². The molecule has 5 nitrogen and oxygen atoms in total. The second-order valence-electron chi connectivity index (χ2n) is 6.82. The van der Waals surface area contributed by atoms with Crippen molar-refractivity contribution in [2.24, 2.45) is 0 Å². The number of benzene rings is 2. The molecule has 0 aromatic heterocycles. The minimum absolute atomic E-state index is 0.0111. The highest BCUT2D eigenvalue weighted by atomic mass is 16.5. The lowest BCUT2D eigenvalue weighted by Gasteiger charge is -2.34. The van der Waals surface area contributed by atoms with Crippen LogP contribution >= 0.6 is 0 Å². The smallest absolute Gasteiger partial charge is 0.322 e. The number of carbonyl (C=O) groups is 1. The van der Waals surface area contributed by atoms with Crippen molar-refractivity contribution in [1.82, 2.24) is 5.32 Å². The maximum atomic E-state index is 12.8. The van der Waals surface area contributed by atoms with Crippen LogP contribution in [0.5, 0.6) is 5.75 Å². The Morgan fingerprint density at radius 3 is 2.76 bits per heavy atom. The van der Waals surface area contributed by atoms with E-state index in [2.05, 4.69) is 11.4 Å². The van der Waals surface area contributed by atoms with E-state index >= 15 is 0 Å². The van der Waals surface area contributed by atoms with E-state index in [0.717, 1.165) is 37.3 Å². The summed E-state index contributed by atoms with van der Waals surface area (Å²) in [5.41, 5.74) is 3.14. The number of fused-ring (bicyclic) bond motifs is 2. The molecule has 0 atom stereocenters. The van der Waals surface area contributed by atoms with Crippen molar-refractivity contribution in [1.29, 1.82) is 0 Å². The molecule has 2 aliphatic heterocycles. The van der Waals surface area contributed by atoms with Gasteiger partial charge in [0.25, 0.3) is 0 Å². The molecule has 1 spiro atoms. The van der Waals surface area contributed by atoms with Gasteiger partial charge in [-0.1, -0.05) is 30.3 Å². The lowest BCUT2D eigenvalue weighted by molar-refractivity contribution is 0.0556. The molecule has 0 saturated carbocycles. The van der Waals surface area contributed by atoms with Crippen LogP contribution in [0, 0.1) is 0 Å². The van der Waals surface area contributed by atoms with E-state index in [-0.39, 0.29) is 17.2 Å². The van der Waals surface area contributed by atoms with Crippen molar-refractivity contribution < 1.29 is 14.6 Å². The molecule has 130 valence electrons. The summed E-state index contributed by atoms with van der Waals surface area (Å²) in [6.07, 6.45) is 1.89. The van der Waals surface area contributed by atoms with Gasteiger partial charge in [0.2, 0.25) is 0 Å². The Morgan fingerprint density at radius 1 is 1.16 bits per heavy atom. The molecule has 0 unspecified atom stereocenters. The first kappa shape index (κ1) is 16.0. The number of aromatic hydroxyl groups is 1. The molecule has 1 saturated heterocycles. The second-order valence-corrected chi connectivity index (χ2v) is 6.82. The number of hydrogen-bond donors (Lipinski definition) is 2. The maximum absolute atomic E-state index is 12.8. The van der Waals surface area contributed by atoms with Gasteiger partial charge in [-0.3, -0.25) is 4.90 Å². The fraction of sp³-hybridized carbons (Fsp3) is 0.350. The molecule has 4 rings (SSSR count). The van der Waals surface area contributed by atoms with Crippen molar-refractivity contribution in [3.63, 3.8) is 0 Å². The van der Waals surface area contributed by atoms with E-state index in [1.54, 1.807) is 18.2 Å². The third-order valence-corrected chi connectivity index (χ3v) is 5.28. The van der Waals surface area contributed by atoms with Crippen LogP contribution in [0.2, 0.25) is 0 Å². The van der Waals surface area contributed by atoms with Gasteiger partial charge >= 0.3 is 6.03 Å². The number of carbonyl (C=O) groups excluding carboxylic acids is 1. The number of anilines is 1. The first-order valence-corrected chi connectivity index (χ1v) is 8.69. The van der Waals surface area contributed by atoms with Gasteiger partial charge < -0.3 is 15.2 Å². The zero-order chi connectivity index (χ0) is 17.3. The Balaban J connectivity index is 1.53. The molecule has 2 heterocycles. The minimum Gasteiger partial charge on any atom is -0.508 e.